The maximum Gasteiger partial charge on any atom is 0.381 e. The van der Waals surface area contributed by atoms with E-state index in [1.807, 2.05) is 0 Å². The summed E-state index contributed by atoms with van der Waals surface area (Å²) >= 11 is 1.10. The molecule has 2 aromatic rings. The summed E-state index contributed by atoms with van der Waals surface area (Å²) in [6, 6.07) is 1.58. The van der Waals surface area contributed by atoms with Gasteiger partial charge in [0.15, 0.2) is 5.76 Å². The van der Waals surface area contributed by atoms with E-state index in [2.05, 4.69) is 26.1 Å². The molecule has 0 saturated heterocycles. The van der Waals surface area contributed by atoms with E-state index in [9.17, 15) is 9.59 Å². The highest BCUT2D eigenvalue weighted by atomic mass is 32.1. The minimum Gasteiger partial charge on any atom is -0.488 e. The highest BCUT2D eigenvalue weighted by molar-refractivity contribution is 7.19. The van der Waals surface area contributed by atoms with Crippen LogP contribution >= 0.6 is 11.3 Å². The van der Waals surface area contributed by atoms with Crippen LogP contribution in [0.25, 0.3) is 0 Å². The summed E-state index contributed by atoms with van der Waals surface area (Å²) in [5, 5.41) is 24.4. The van der Waals surface area contributed by atoms with Crippen molar-refractivity contribution < 1.29 is 18.7 Å². The van der Waals surface area contributed by atoms with E-state index in [4.69, 9.17) is 19.3 Å². The van der Waals surface area contributed by atoms with Gasteiger partial charge in [0.25, 0.3) is 5.91 Å². The van der Waals surface area contributed by atoms with Crippen molar-refractivity contribution in [1.29, 1.82) is 5.41 Å². The summed E-state index contributed by atoms with van der Waals surface area (Å²) < 4.78 is 15.8. The first-order valence-corrected chi connectivity index (χ1v) is 10.9. The molecule has 4 N–H and O–H groups in total. The van der Waals surface area contributed by atoms with Crippen LogP contribution in [0.15, 0.2) is 27.1 Å². The van der Waals surface area contributed by atoms with Gasteiger partial charge < -0.3 is 29.9 Å². The molecule has 0 unspecified atom stereocenters. The van der Waals surface area contributed by atoms with Crippen LogP contribution in [0.2, 0.25) is 0 Å². The van der Waals surface area contributed by atoms with E-state index >= 15 is 0 Å². The summed E-state index contributed by atoms with van der Waals surface area (Å²) in [5.41, 5.74) is 0.354. The number of aromatic nitrogens is 2. The van der Waals surface area contributed by atoms with Crippen molar-refractivity contribution in [3.8, 4) is 5.75 Å². The van der Waals surface area contributed by atoms with Crippen LogP contribution in [0.3, 0.4) is 0 Å². The van der Waals surface area contributed by atoms with E-state index < -0.39 is 11.5 Å². The number of carbonyl (C=O) groups is 1. The minimum absolute atomic E-state index is 0.0197. The molecule has 172 valence electrons. The fraction of sp³-hybridized carbons (Fsp3) is 0.450. The molecule has 11 nitrogen and oxygen atoms in total. The highest BCUT2D eigenvalue weighted by Crippen LogP contribution is 2.28. The number of ether oxygens (including phenoxy) is 2. The third-order valence-corrected chi connectivity index (χ3v) is 5.74. The Morgan fingerprint density at radius 3 is 2.53 bits per heavy atom. The number of allylic oxidation sites excluding steroid dienone is 2. The molecule has 0 radical (unpaired) electrons. The Hall–Kier alpha value is -3.25. The smallest absolute Gasteiger partial charge is 0.381 e. The van der Waals surface area contributed by atoms with E-state index in [1.165, 1.54) is 13.2 Å². The molecular weight excluding hydrogens is 436 g/mol. The van der Waals surface area contributed by atoms with E-state index in [0.29, 0.717) is 16.5 Å². The van der Waals surface area contributed by atoms with Gasteiger partial charge in [0.05, 0.1) is 18.9 Å². The molecule has 1 aliphatic rings. The second-order valence-corrected chi connectivity index (χ2v) is 8.18. The van der Waals surface area contributed by atoms with Crippen molar-refractivity contribution in [2.45, 2.75) is 44.8 Å². The molecule has 12 heteroatoms. The van der Waals surface area contributed by atoms with Gasteiger partial charge in [0, 0.05) is 31.1 Å². The van der Waals surface area contributed by atoms with E-state index in [1.54, 1.807) is 20.1 Å². The van der Waals surface area contributed by atoms with Gasteiger partial charge in [-0.1, -0.05) is 11.3 Å². The minimum atomic E-state index is -0.750. The average Bonchev–Trinajstić information content (AvgIpc) is 3.20. The molecule has 0 atom stereocenters. The number of hydrogen-bond donors (Lipinski definition) is 4. The molecule has 2 heterocycles. The lowest BCUT2D eigenvalue weighted by Crippen LogP contribution is -2.30. The number of carbonyl (C=O) groups excluding carboxylic acids is 1. The summed E-state index contributed by atoms with van der Waals surface area (Å²) in [6.45, 7) is 1.77. The molecule has 0 spiro atoms. The molecule has 1 amide bonds. The maximum atomic E-state index is 12.7. The Balaban J connectivity index is 1.73. The number of anilines is 3. The van der Waals surface area contributed by atoms with Crippen LogP contribution in [0.1, 0.15) is 43.2 Å². The lowest BCUT2D eigenvalue weighted by Gasteiger charge is -2.29. The fourth-order valence-corrected chi connectivity index (χ4v) is 4.08. The Morgan fingerprint density at radius 2 is 1.91 bits per heavy atom. The van der Waals surface area contributed by atoms with Crippen molar-refractivity contribution in [3.05, 3.63) is 34.0 Å². The Labute approximate surface area is 188 Å². The zero-order chi connectivity index (χ0) is 23.1. The second-order valence-electron chi connectivity index (χ2n) is 7.21. The first-order chi connectivity index (χ1) is 15.4. The molecule has 3 rings (SSSR count). The quantitative estimate of drug-likeness (QED) is 0.412. The average molecular weight is 463 g/mol. The topological polar surface area (TPSA) is 151 Å². The van der Waals surface area contributed by atoms with Crippen molar-refractivity contribution in [3.63, 3.8) is 0 Å². The number of hydrogen-bond acceptors (Lipinski definition) is 11. The molecule has 0 aliphatic heterocycles. The molecule has 1 saturated carbocycles. The Kier molecular flexibility index (Phi) is 7.95. The zero-order valence-electron chi connectivity index (χ0n) is 18.1. The lowest BCUT2D eigenvalue weighted by atomic mass is 9.93. The normalized spacial score (nSPS) is 18.7. The van der Waals surface area contributed by atoms with Crippen LogP contribution in [0.5, 0.6) is 5.75 Å². The monoisotopic (exact) mass is 462 g/mol. The lowest BCUT2D eigenvalue weighted by molar-refractivity contribution is 0.0681. The standard InChI is InChI=1S/C20H26N6O5S/c1-11(8-9-21)22-19-25-26-20(32-19)24-17(27)15-10-14(16(30-3)18(28)31-15)23-12-4-6-13(29-2)7-5-12/h8-10,12-13,21,23H,4-7H2,1-3H3,(H,22,25)(H,24,26,27)/b11-8-,21-9?/t12-,13+. The van der Waals surface area contributed by atoms with E-state index in [0.717, 1.165) is 43.2 Å². The molecule has 0 aromatic carbocycles. The van der Waals surface area contributed by atoms with Crippen molar-refractivity contribution in [2.75, 3.05) is 30.2 Å². The van der Waals surface area contributed by atoms with Gasteiger partial charge in [-0.25, -0.2) is 4.79 Å². The van der Waals surface area contributed by atoms with E-state index in [-0.39, 0.29) is 28.8 Å². The number of methoxy groups -OCH3 is 2. The third-order valence-electron chi connectivity index (χ3n) is 4.99. The SMILES string of the molecule is COc1c(N[C@H]2CC[C@@H](OC)CC2)cc(C(=O)Nc2nnc(N/C(C)=C\C=N)s2)oc1=O. The molecule has 0 bridgehead atoms. The van der Waals surface area contributed by atoms with Crippen LogP contribution in [-0.4, -0.2) is 48.7 Å². The third kappa shape index (κ3) is 5.92. The Bertz CT molecular complexity index is 1040. The van der Waals surface area contributed by atoms with Gasteiger partial charge in [-0.15, -0.1) is 10.2 Å². The first-order valence-electron chi connectivity index (χ1n) is 10.0. The van der Waals surface area contributed by atoms with Gasteiger partial charge in [0.1, 0.15) is 0 Å². The zero-order valence-corrected chi connectivity index (χ0v) is 18.9. The molecular formula is C20H26N6O5S. The van der Waals surface area contributed by atoms with Crippen molar-refractivity contribution >= 4 is 39.4 Å². The van der Waals surface area contributed by atoms with Gasteiger partial charge in [-0.3, -0.25) is 10.1 Å². The summed E-state index contributed by atoms with van der Waals surface area (Å²) in [6.07, 6.45) is 6.51. The van der Waals surface area contributed by atoms with Gasteiger partial charge in [-0.05, 0) is 38.7 Å². The first kappa shape index (κ1) is 23.4. The largest absolute Gasteiger partial charge is 0.488 e. The molecule has 1 aliphatic carbocycles. The summed E-state index contributed by atoms with van der Waals surface area (Å²) in [4.78, 5) is 25.1. The Morgan fingerprint density at radius 1 is 1.22 bits per heavy atom. The van der Waals surface area contributed by atoms with Gasteiger partial charge in [0.2, 0.25) is 16.0 Å². The van der Waals surface area contributed by atoms with Crippen LogP contribution < -0.4 is 26.3 Å². The highest BCUT2D eigenvalue weighted by Gasteiger charge is 2.24. The molecule has 1 fully saturated rings. The molecule has 32 heavy (non-hydrogen) atoms. The number of rotatable bonds is 9. The number of amides is 1. The van der Waals surface area contributed by atoms with Crippen molar-refractivity contribution in [1.82, 2.24) is 10.2 Å². The maximum absolute atomic E-state index is 12.7. The predicted octanol–water partition coefficient (Wildman–Crippen LogP) is 3.09. The summed E-state index contributed by atoms with van der Waals surface area (Å²) in [5.74, 6) is -0.787. The van der Waals surface area contributed by atoms with Gasteiger partial charge in [-0.2, -0.15) is 0 Å². The fourth-order valence-electron chi connectivity index (χ4n) is 3.38. The molecule has 2 aromatic heterocycles. The number of nitrogens with one attached hydrogen (secondary N) is 4. The van der Waals surface area contributed by atoms with Crippen LogP contribution in [-0.2, 0) is 4.74 Å². The second kappa shape index (κ2) is 10.9. The van der Waals surface area contributed by atoms with Gasteiger partial charge >= 0.3 is 5.63 Å². The van der Waals surface area contributed by atoms with Crippen LogP contribution in [0, 0.1) is 5.41 Å². The number of nitrogens with zero attached hydrogens (tertiary/aromatic N) is 2. The predicted molar refractivity (Wildman–Crippen MR) is 122 cm³/mol. The van der Waals surface area contributed by atoms with Crippen molar-refractivity contribution in [2.24, 2.45) is 0 Å². The van der Waals surface area contributed by atoms with Crippen LogP contribution in [0.4, 0.5) is 16.0 Å². The summed E-state index contributed by atoms with van der Waals surface area (Å²) in [7, 11) is 3.09.